The second kappa shape index (κ2) is 4.90. The molecule has 13 heavy (non-hydrogen) atoms. The van der Waals surface area contributed by atoms with E-state index in [9.17, 15) is 4.79 Å². The minimum atomic E-state index is -0.429. The number of carbonyl (C=O) groups excluding carboxylic acids is 1. The predicted octanol–water partition coefficient (Wildman–Crippen LogP) is 2.33. The van der Waals surface area contributed by atoms with Gasteiger partial charge in [0.2, 0.25) is 0 Å². The molecule has 76 valence electrons. The van der Waals surface area contributed by atoms with E-state index in [4.69, 9.17) is 4.74 Å². The third kappa shape index (κ3) is 7.37. The van der Waals surface area contributed by atoms with Crippen molar-refractivity contribution in [1.82, 2.24) is 5.32 Å². The number of rotatable bonds is 3. The van der Waals surface area contributed by atoms with Crippen LogP contribution in [0, 0.1) is 5.92 Å². The fraction of sp³-hybridized carbons (Fsp3) is 0.700. The molecule has 0 aliphatic heterocycles. The zero-order valence-electron chi connectivity index (χ0n) is 8.89. The lowest BCUT2D eigenvalue weighted by molar-refractivity contribution is 0.0523. The Morgan fingerprint density at radius 1 is 1.62 bits per heavy atom. The highest BCUT2D eigenvalue weighted by atomic mass is 16.6. The molecule has 0 aliphatic carbocycles. The van der Waals surface area contributed by atoms with Crippen molar-refractivity contribution in [1.29, 1.82) is 0 Å². The molecule has 0 fully saturated rings. The van der Waals surface area contributed by atoms with Gasteiger partial charge in [0.25, 0.3) is 0 Å². The van der Waals surface area contributed by atoms with Crippen LogP contribution in [0.4, 0.5) is 4.79 Å². The van der Waals surface area contributed by atoms with Gasteiger partial charge in [0.15, 0.2) is 0 Å². The fourth-order valence-electron chi connectivity index (χ4n) is 0.642. The van der Waals surface area contributed by atoms with E-state index in [-0.39, 0.29) is 12.0 Å². The minimum absolute atomic E-state index is 0.271. The molecule has 0 rings (SSSR count). The summed E-state index contributed by atoms with van der Waals surface area (Å²) >= 11 is 0. The first-order valence-electron chi connectivity index (χ1n) is 4.44. The van der Waals surface area contributed by atoms with Crippen LogP contribution in [-0.2, 0) is 4.74 Å². The van der Waals surface area contributed by atoms with E-state index in [1.807, 2.05) is 27.7 Å². The Kier molecular flexibility index (Phi) is 4.52. The molecule has 0 radical (unpaired) electrons. The highest BCUT2D eigenvalue weighted by Gasteiger charge is 2.15. The number of hydrogen-bond donors (Lipinski definition) is 1. The van der Waals surface area contributed by atoms with Crippen molar-refractivity contribution in [3.05, 3.63) is 12.7 Å². The molecule has 0 aliphatic rings. The molecule has 0 aromatic rings. The maximum atomic E-state index is 11.1. The number of amides is 1. The first kappa shape index (κ1) is 12.0. The van der Waals surface area contributed by atoms with Gasteiger partial charge in [-0.15, -0.1) is 6.58 Å². The molecule has 0 saturated carbocycles. The smallest absolute Gasteiger partial charge is 0.407 e. The Bertz CT molecular complexity index is 182. The van der Waals surface area contributed by atoms with Crippen LogP contribution in [0.25, 0.3) is 0 Å². The van der Waals surface area contributed by atoms with Crippen molar-refractivity contribution in [2.45, 2.75) is 33.3 Å². The summed E-state index contributed by atoms with van der Waals surface area (Å²) in [5, 5.41) is 2.66. The van der Waals surface area contributed by atoms with Gasteiger partial charge in [-0.2, -0.15) is 0 Å². The van der Waals surface area contributed by atoms with Gasteiger partial charge < -0.3 is 10.1 Å². The molecule has 1 atom stereocenters. The summed E-state index contributed by atoms with van der Waals surface area (Å²) in [6.45, 7) is 11.7. The standard InChI is InChI=1S/C10H19NO2/c1-6-8(2)7-11-9(12)13-10(3,4)5/h6,8H,1,7H2,2-5H3,(H,11,12)/t8-/m0/s1. The van der Waals surface area contributed by atoms with E-state index >= 15 is 0 Å². The van der Waals surface area contributed by atoms with E-state index in [0.29, 0.717) is 6.54 Å². The third-order valence-electron chi connectivity index (χ3n) is 1.37. The molecular formula is C10H19NO2. The molecule has 0 heterocycles. The average molecular weight is 185 g/mol. The van der Waals surface area contributed by atoms with Crippen molar-refractivity contribution in [3.63, 3.8) is 0 Å². The summed E-state index contributed by atoms with van der Waals surface area (Å²) < 4.78 is 5.05. The quantitative estimate of drug-likeness (QED) is 0.685. The largest absolute Gasteiger partial charge is 0.444 e. The highest BCUT2D eigenvalue weighted by Crippen LogP contribution is 2.06. The molecule has 0 spiro atoms. The molecule has 1 amide bonds. The summed E-state index contributed by atoms with van der Waals surface area (Å²) in [6, 6.07) is 0. The fourth-order valence-corrected chi connectivity index (χ4v) is 0.642. The zero-order chi connectivity index (χ0) is 10.5. The molecule has 0 aromatic carbocycles. The number of alkyl carbamates (subject to hydrolysis) is 1. The van der Waals surface area contributed by atoms with E-state index in [1.54, 1.807) is 6.08 Å². The predicted molar refractivity (Wildman–Crippen MR) is 53.6 cm³/mol. The minimum Gasteiger partial charge on any atom is -0.444 e. The Labute approximate surface area is 80.2 Å². The molecule has 0 bridgehead atoms. The second-order valence-corrected chi connectivity index (χ2v) is 4.10. The molecule has 0 aromatic heterocycles. The summed E-state index contributed by atoms with van der Waals surface area (Å²) in [5.74, 6) is 0.271. The van der Waals surface area contributed by atoms with Gasteiger partial charge in [-0.25, -0.2) is 4.79 Å². The Hall–Kier alpha value is -0.990. The first-order valence-corrected chi connectivity index (χ1v) is 4.44. The zero-order valence-corrected chi connectivity index (χ0v) is 8.89. The van der Waals surface area contributed by atoms with Crippen molar-refractivity contribution >= 4 is 6.09 Å². The SMILES string of the molecule is C=C[C@H](C)CNC(=O)OC(C)(C)C. The lowest BCUT2D eigenvalue weighted by Gasteiger charge is -2.20. The lowest BCUT2D eigenvalue weighted by atomic mass is 10.2. The van der Waals surface area contributed by atoms with Gasteiger partial charge in [0.05, 0.1) is 0 Å². The molecule has 3 heteroatoms. The van der Waals surface area contributed by atoms with Crippen molar-refractivity contribution < 1.29 is 9.53 Å². The van der Waals surface area contributed by atoms with Gasteiger partial charge >= 0.3 is 6.09 Å². The van der Waals surface area contributed by atoms with Crippen LogP contribution in [0.2, 0.25) is 0 Å². The van der Waals surface area contributed by atoms with Crippen LogP contribution in [0.15, 0.2) is 12.7 Å². The molecule has 3 nitrogen and oxygen atoms in total. The maximum absolute atomic E-state index is 11.1. The van der Waals surface area contributed by atoms with Gasteiger partial charge in [-0.05, 0) is 26.7 Å². The Balaban J connectivity index is 3.70. The van der Waals surface area contributed by atoms with Crippen molar-refractivity contribution in [2.75, 3.05) is 6.54 Å². The summed E-state index contributed by atoms with van der Waals surface area (Å²) in [5.41, 5.74) is -0.429. The van der Waals surface area contributed by atoms with Crippen LogP contribution in [0.5, 0.6) is 0 Å². The van der Waals surface area contributed by atoms with E-state index in [0.717, 1.165) is 0 Å². The van der Waals surface area contributed by atoms with Gasteiger partial charge in [0.1, 0.15) is 5.60 Å². The highest BCUT2D eigenvalue weighted by molar-refractivity contribution is 5.67. The third-order valence-corrected chi connectivity index (χ3v) is 1.37. The first-order chi connectivity index (χ1) is 5.85. The molecule has 0 saturated heterocycles. The van der Waals surface area contributed by atoms with E-state index in [1.165, 1.54) is 0 Å². The second-order valence-electron chi connectivity index (χ2n) is 4.10. The van der Waals surface area contributed by atoms with E-state index in [2.05, 4.69) is 11.9 Å². The van der Waals surface area contributed by atoms with Crippen LogP contribution in [-0.4, -0.2) is 18.2 Å². The van der Waals surface area contributed by atoms with Gasteiger partial charge in [-0.3, -0.25) is 0 Å². The van der Waals surface area contributed by atoms with E-state index < -0.39 is 5.60 Å². The lowest BCUT2D eigenvalue weighted by Crippen LogP contribution is -2.34. The monoisotopic (exact) mass is 185 g/mol. The van der Waals surface area contributed by atoms with Crippen molar-refractivity contribution in [2.24, 2.45) is 5.92 Å². The van der Waals surface area contributed by atoms with Crippen LogP contribution in [0.3, 0.4) is 0 Å². The molecular weight excluding hydrogens is 166 g/mol. The number of hydrogen-bond acceptors (Lipinski definition) is 2. The molecule has 0 unspecified atom stereocenters. The maximum Gasteiger partial charge on any atom is 0.407 e. The van der Waals surface area contributed by atoms with Crippen LogP contribution >= 0.6 is 0 Å². The summed E-state index contributed by atoms with van der Waals surface area (Å²) in [4.78, 5) is 11.1. The Morgan fingerprint density at radius 2 is 2.15 bits per heavy atom. The van der Waals surface area contributed by atoms with Crippen LogP contribution < -0.4 is 5.32 Å². The average Bonchev–Trinajstić information content (AvgIpc) is 1.97. The summed E-state index contributed by atoms with van der Waals surface area (Å²) in [6.07, 6.45) is 1.42. The topological polar surface area (TPSA) is 38.3 Å². The van der Waals surface area contributed by atoms with Gasteiger partial charge in [0, 0.05) is 6.54 Å². The van der Waals surface area contributed by atoms with Gasteiger partial charge in [-0.1, -0.05) is 13.0 Å². The number of nitrogens with one attached hydrogen (secondary N) is 1. The van der Waals surface area contributed by atoms with Crippen LogP contribution in [0.1, 0.15) is 27.7 Å². The number of carbonyl (C=O) groups is 1. The summed E-state index contributed by atoms with van der Waals surface area (Å²) in [7, 11) is 0. The normalized spacial score (nSPS) is 13.2. The van der Waals surface area contributed by atoms with Crippen molar-refractivity contribution in [3.8, 4) is 0 Å². The number of ether oxygens (including phenoxy) is 1. The molecule has 1 N–H and O–H groups in total. The Morgan fingerprint density at radius 3 is 2.54 bits per heavy atom.